The molecule has 1 heterocycles. The highest BCUT2D eigenvalue weighted by atomic mass is 32.1. The minimum absolute atomic E-state index is 0.362. The van der Waals surface area contributed by atoms with Gasteiger partial charge in [0.15, 0.2) is 5.13 Å². The van der Waals surface area contributed by atoms with Gasteiger partial charge in [0.05, 0.1) is 5.69 Å². The molecule has 1 aromatic rings. The molecule has 1 aromatic heterocycles. The lowest BCUT2D eigenvalue weighted by Gasteiger charge is -2.17. The topological polar surface area (TPSA) is 28.2 Å². The summed E-state index contributed by atoms with van der Waals surface area (Å²) in [7, 11) is 0. The van der Waals surface area contributed by atoms with Gasteiger partial charge < -0.3 is 10.2 Å². The second-order valence-corrected chi connectivity index (χ2v) is 4.74. The van der Waals surface area contributed by atoms with E-state index in [0.717, 1.165) is 31.2 Å². The molecule has 0 saturated heterocycles. The zero-order valence-corrected chi connectivity index (χ0v) is 11.6. The summed E-state index contributed by atoms with van der Waals surface area (Å²) in [5, 5.41) is 6.77. The molecule has 1 atom stereocenters. The van der Waals surface area contributed by atoms with Gasteiger partial charge in [0.2, 0.25) is 0 Å². The Hall–Kier alpha value is -0.610. The van der Waals surface area contributed by atoms with Crippen LogP contribution in [-0.2, 0) is 0 Å². The molecular formula is C12H23N3S. The minimum atomic E-state index is 0.362. The van der Waals surface area contributed by atoms with Crippen molar-refractivity contribution in [1.29, 1.82) is 0 Å². The van der Waals surface area contributed by atoms with Crippen LogP contribution in [0.3, 0.4) is 0 Å². The van der Waals surface area contributed by atoms with Gasteiger partial charge in [-0.05, 0) is 33.7 Å². The van der Waals surface area contributed by atoms with Gasteiger partial charge in [0, 0.05) is 24.5 Å². The Labute approximate surface area is 103 Å². The predicted molar refractivity (Wildman–Crippen MR) is 72.4 cm³/mol. The SMILES string of the molecule is CCCNC(C)c1csc(N(CC)CC)n1. The molecule has 3 nitrogen and oxygen atoms in total. The predicted octanol–water partition coefficient (Wildman–Crippen LogP) is 3.05. The van der Waals surface area contributed by atoms with Crippen LogP contribution in [0.2, 0.25) is 0 Å². The van der Waals surface area contributed by atoms with Crippen LogP contribution >= 0.6 is 11.3 Å². The van der Waals surface area contributed by atoms with E-state index in [1.807, 2.05) is 0 Å². The first-order valence-electron chi connectivity index (χ1n) is 6.16. The van der Waals surface area contributed by atoms with Gasteiger partial charge >= 0.3 is 0 Å². The summed E-state index contributed by atoms with van der Waals surface area (Å²) in [5.74, 6) is 0. The Balaban J connectivity index is 2.62. The molecule has 4 heteroatoms. The Morgan fingerprint density at radius 1 is 1.38 bits per heavy atom. The number of anilines is 1. The Bertz CT molecular complexity index is 294. The summed E-state index contributed by atoms with van der Waals surface area (Å²) >= 11 is 1.74. The lowest BCUT2D eigenvalue weighted by molar-refractivity contribution is 0.560. The van der Waals surface area contributed by atoms with E-state index in [0.29, 0.717) is 6.04 Å². The molecule has 1 unspecified atom stereocenters. The first-order chi connectivity index (χ1) is 7.72. The van der Waals surface area contributed by atoms with Crippen LogP contribution in [0, 0.1) is 0 Å². The zero-order valence-electron chi connectivity index (χ0n) is 10.8. The molecule has 0 aromatic carbocycles. The van der Waals surface area contributed by atoms with Gasteiger partial charge in [-0.1, -0.05) is 6.92 Å². The molecule has 0 aliphatic carbocycles. The fourth-order valence-corrected chi connectivity index (χ4v) is 2.63. The summed E-state index contributed by atoms with van der Waals surface area (Å²) < 4.78 is 0. The highest BCUT2D eigenvalue weighted by Gasteiger charge is 2.11. The fourth-order valence-electron chi connectivity index (χ4n) is 1.58. The van der Waals surface area contributed by atoms with E-state index in [9.17, 15) is 0 Å². The molecule has 0 aliphatic heterocycles. The molecule has 0 fully saturated rings. The van der Waals surface area contributed by atoms with E-state index in [4.69, 9.17) is 0 Å². The molecule has 0 saturated carbocycles. The third-order valence-corrected chi connectivity index (χ3v) is 3.61. The fraction of sp³-hybridized carbons (Fsp3) is 0.750. The number of hydrogen-bond donors (Lipinski definition) is 1. The normalized spacial score (nSPS) is 12.8. The maximum atomic E-state index is 4.69. The Morgan fingerprint density at radius 2 is 2.06 bits per heavy atom. The van der Waals surface area contributed by atoms with Crippen LogP contribution in [0.4, 0.5) is 5.13 Å². The quantitative estimate of drug-likeness (QED) is 0.795. The van der Waals surface area contributed by atoms with Crippen molar-refractivity contribution in [3.05, 3.63) is 11.1 Å². The third-order valence-electron chi connectivity index (χ3n) is 2.69. The summed E-state index contributed by atoms with van der Waals surface area (Å²) in [6, 6.07) is 0.362. The van der Waals surface area contributed by atoms with Crippen LogP contribution < -0.4 is 10.2 Å². The molecule has 0 bridgehead atoms. The van der Waals surface area contributed by atoms with E-state index in [2.05, 4.69) is 48.3 Å². The van der Waals surface area contributed by atoms with Gasteiger partial charge in [-0.25, -0.2) is 4.98 Å². The van der Waals surface area contributed by atoms with Crippen molar-refractivity contribution in [3.8, 4) is 0 Å². The highest BCUT2D eigenvalue weighted by Crippen LogP contribution is 2.23. The number of thiazole rings is 1. The third kappa shape index (κ3) is 3.46. The van der Waals surface area contributed by atoms with E-state index >= 15 is 0 Å². The van der Waals surface area contributed by atoms with Gasteiger partial charge in [-0.15, -0.1) is 11.3 Å². The number of rotatable bonds is 7. The number of nitrogens with one attached hydrogen (secondary N) is 1. The van der Waals surface area contributed by atoms with Gasteiger partial charge in [-0.2, -0.15) is 0 Å². The van der Waals surface area contributed by atoms with Crippen molar-refractivity contribution in [1.82, 2.24) is 10.3 Å². The standard InChI is InChI=1S/C12H23N3S/c1-5-8-13-10(4)11-9-16-12(14-11)15(6-2)7-3/h9-10,13H,5-8H2,1-4H3. The lowest BCUT2D eigenvalue weighted by Crippen LogP contribution is -2.22. The van der Waals surface area contributed by atoms with E-state index in [1.54, 1.807) is 11.3 Å². The van der Waals surface area contributed by atoms with E-state index < -0.39 is 0 Å². The Kier molecular flexibility index (Phi) is 5.77. The summed E-state index contributed by atoms with van der Waals surface area (Å²) in [5.41, 5.74) is 1.17. The number of nitrogens with zero attached hydrogens (tertiary/aromatic N) is 2. The van der Waals surface area contributed by atoms with Crippen LogP contribution in [0.5, 0.6) is 0 Å². The maximum absolute atomic E-state index is 4.69. The largest absolute Gasteiger partial charge is 0.349 e. The van der Waals surface area contributed by atoms with Gasteiger partial charge in [-0.3, -0.25) is 0 Å². The van der Waals surface area contributed by atoms with Crippen molar-refractivity contribution >= 4 is 16.5 Å². The van der Waals surface area contributed by atoms with Crippen molar-refractivity contribution in [2.24, 2.45) is 0 Å². The van der Waals surface area contributed by atoms with Gasteiger partial charge in [0.25, 0.3) is 0 Å². The molecule has 16 heavy (non-hydrogen) atoms. The average Bonchev–Trinajstić information content (AvgIpc) is 2.77. The van der Waals surface area contributed by atoms with Crippen molar-refractivity contribution in [3.63, 3.8) is 0 Å². The smallest absolute Gasteiger partial charge is 0.185 e. The summed E-state index contributed by atoms with van der Waals surface area (Å²) in [6.07, 6.45) is 1.16. The molecular weight excluding hydrogens is 218 g/mol. The molecule has 1 N–H and O–H groups in total. The van der Waals surface area contributed by atoms with E-state index in [-0.39, 0.29) is 0 Å². The number of hydrogen-bond acceptors (Lipinski definition) is 4. The second-order valence-electron chi connectivity index (χ2n) is 3.90. The van der Waals surface area contributed by atoms with Crippen LogP contribution in [-0.4, -0.2) is 24.6 Å². The first-order valence-corrected chi connectivity index (χ1v) is 7.04. The summed E-state index contributed by atoms with van der Waals surface area (Å²) in [4.78, 5) is 6.98. The van der Waals surface area contributed by atoms with Crippen molar-refractivity contribution in [2.45, 2.75) is 40.2 Å². The molecule has 92 valence electrons. The van der Waals surface area contributed by atoms with Crippen LogP contribution in [0.1, 0.15) is 45.9 Å². The summed E-state index contributed by atoms with van der Waals surface area (Å²) in [6.45, 7) is 11.8. The Morgan fingerprint density at radius 3 is 2.62 bits per heavy atom. The highest BCUT2D eigenvalue weighted by molar-refractivity contribution is 7.13. The lowest BCUT2D eigenvalue weighted by atomic mass is 10.2. The second kappa shape index (κ2) is 6.86. The molecule has 0 amide bonds. The van der Waals surface area contributed by atoms with Crippen LogP contribution in [0.25, 0.3) is 0 Å². The zero-order chi connectivity index (χ0) is 12.0. The molecule has 1 rings (SSSR count). The van der Waals surface area contributed by atoms with Gasteiger partial charge in [0.1, 0.15) is 0 Å². The van der Waals surface area contributed by atoms with E-state index in [1.165, 1.54) is 5.69 Å². The average molecular weight is 241 g/mol. The monoisotopic (exact) mass is 241 g/mol. The molecule has 0 spiro atoms. The number of aromatic nitrogens is 1. The molecule has 0 radical (unpaired) electrons. The minimum Gasteiger partial charge on any atom is -0.349 e. The van der Waals surface area contributed by atoms with Crippen LogP contribution in [0.15, 0.2) is 5.38 Å². The molecule has 0 aliphatic rings. The first kappa shape index (κ1) is 13.5. The van der Waals surface area contributed by atoms with Crippen molar-refractivity contribution < 1.29 is 0 Å². The van der Waals surface area contributed by atoms with Crippen molar-refractivity contribution in [2.75, 3.05) is 24.5 Å². The maximum Gasteiger partial charge on any atom is 0.185 e.